The summed E-state index contributed by atoms with van der Waals surface area (Å²) in [6.45, 7) is 2.25. The third-order valence-corrected chi connectivity index (χ3v) is 3.17. The Balaban J connectivity index is 2.22. The van der Waals surface area contributed by atoms with Crippen molar-refractivity contribution in [1.82, 2.24) is 0 Å². The second-order valence-electron chi connectivity index (χ2n) is 4.75. The molecule has 0 heterocycles. The molecule has 0 fully saturated rings. The average molecular weight is 244 g/mol. The molecule has 0 saturated carbocycles. The zero-order valence-electron chi connectivity index (χ0n) is 11.4. The van der Waals surface area contributed by atoms with Gasteiger partial charge in [-0.25, -0.2) is 0 Å². The van der Waals surface area contributed by atoms with E-state index in [4.69, 9.17) is 0 Å². The van der Waals surface area contributed by atoms with E-state index in [1.165, 1.54) is 56.6 Å². The summed E-state index contributed by atoms with van der Waals surface area (Å²) in [5.41, 5.74) is 2.49. The maximum Gasteiger partial charge on any atom is 0.142 e. The fourth-order valence-corrected chi connectivity index (χ4v) is 2.06. The van der Waals surface area contributed by atoms with Gasteiger partial charge < -0.3 is 0 Å². The van der Waals surface area contributed by atoms with E-state index in [0.717, 1.165) is 11.8 Å². The molecule has 98 valence electrons. The summed E-state index contributed by atoms with van der Waals surface area (Å²) in [6.07, 6.45) is 13.4. The molecule has 0 aliphatic rings. The predicted molar refractivity (Wildman–Crippen MR) is 78.6 cm³/mol. The van der Waals surface area contributed by atoms with Crippen molar-refractivity contribution in [1.29, 1.82) is 0 Å². The molecule has 1 nitrogen and oxygen atoms in total. The number of carbonyl (C=O) groups excluding carboxylic acids is 1. The van der Waals surface area contributed by atoms with Gasteiger partial charge in [0.1, 0.15) is 6.29 Å². The average Bonchev–Trinajstić information content (AvgIpc) is 2.42. The van der Waals surface area contributed by atoms with E-state index in [1.807, 2.05) is 6.08 Å². The van der Waals surface area contributed by atoms with Gasteiger partial charge in [-0.3, -0.25) is 4.79 Å². The molecular weight excluding hydrogens is 220 g/mol. The van der Waals surface area contributed by atoms with E-state index in [-0.39, 0.29) is 0 Å². The van der Waals surface area contributed by atoms with Crippen LogP contribution in [-0.2, 0) is 11.2 Å². The first-order valence-electron chi connectivity index (χ1n) is 7.07. The molecule has 18 heavy (non-hydrogen) atoms. The Bertz CT molecular complexity index is 348. The standard InChI is InChI=1S/C17H24O/c1-2-3-4-5-6-7-9-16-11-13-17(14-12-16)10-8-15-18/h8,10-15H,2-7,9H2,1H3/b10-8+. The van der Waals surface area contributed by atoms with E-state index in [2.05, 4.69) is 31.2 Å². The normalized spacial score (nSPS) is 10.9. The van der Waals surface area contributed by atoms with Crippen LogP contribution in [0.3, 0.4) is 0 Å². The molecule has 0 aliphatic heterocycles. The van der Waals surface area contributed by atoms with Crippen molar-refractivity contribution < 1.29 is 4.79 Å². The van der Waals surface area contributed by atoms with Crippen molar-refractivity contribution in [2.75, 3.05) is 0 Å². The minimum Gasteiger partial charge on any atom is -0.299 e. The van der Waals surface area contributed by atoms with Crippen LogP contribution in [0.25, 0.3) is 6.08 Å². The lowest BCUT2D eigenvalue weighted by molar-refractivity contribution is -0.104. The Morgan fingerprint density at radius 2 is 1.61 bits per heavy atom. The number of aryl methyl sites for hydroxylation is 1. The van der Waals surface area contributed by atoms with Crippen LogP contribution in [-0.4, -0.2) is 6.29 Å². The van der Waals surface area contributed by atoms with Crippen LogP contribution in [0.4, 0.5) is 0 Å². The van der Waals surface area contributed by atoms with Gasteiger partial charge in [-0.1, -0.05) is 69.4 Å². The van der Waals surface area contributed by atoms with Gasteiger partial charge in [0.05, 0.1) is 0 Å². The maximum atomic E-state index is 10.2. The molecule has 1 rings (SSSR count). The molecule has 0 aromatic heterocycles. The Labute approximate surface area is 111 Å². The lowest BCUT2D eigenvalue weighted by atomic mass is 10.0. The summed E-state index contributed by atoms with van der Waals surface area (Å²) in [7, 11) is 0. The lowest BCUT2D eigenvalue weighted by Gasteiger charge is -2.02. The van der Waals surface area contributed by atoms with Crippen molar-refractivity contribution >= 4 is 12.4 Å². The molecule has 0 bridgehead atoms. The van der Waals surface area contributed by atoms with Crippen molar-refractivity contribution in [3.05, 3.63) is 41.5 Å². The van der Waals surface area contributed by atoms with Crippen molar-refractivity contribution in [3.63, 3.8) is 0 Å². The molecule has 1 aromatic carbocycles. The van der Waals surface area contributed by atoms with Crippen LogP contribution in [0, 0.1) is 0 Å². The number of unbranched alkanes of at least 4 members (excludes halogenated alkanes) is 5. The molecule has 0 atom stereocenters. The third kappa shape index (κ3) is 6.39. The largest absolute Gasteiger partial charge is 0.299 e. The van der Waals surface area contributed by atoms with Crippen LogP contribution >= 0.6 is 0 Å². The van der Waals surface area contributed by atoms with Gasteiger partial charge in [-0.05, 0) is 30.0 Å². The quantitative estimate of drug-likeness (QED) is 0.346. The van der Waals surface area contributed by atoms with E-state index < -0.39 is 0 Å². The van der Waals surface area contributed by atoms with Crippen LogP contribution < -0.4 is 0 Å². The smallest absolute Gasteiger partial charge is 0.142 e. The van der Waals surface area contributed by atoms with E-state index >= 15 is 0 Å². The molecule has 0 unspecified atom stereocenters. The van der Waals surface area contributed by atoms with E-state index in [9.17, 15) is 4.79 Å². The highest BCUT2D eigenvalue weighted by Gasteiger charge is 1.94. The summed E-state index contributed by atoms with van der Waals surface area (Å²) >= 11 is 0. The Kier molecular flexibility index (Phi) is 7.87. The second kappa shape index (κ2) is 9.64. The zero-order valence-corrected chi connectivity index (χ0v) is 11.4. The van der Waals surface area contributed by atoms with Gasteiger partial charge in [0.2, 0.25) is 0 Å². The van der Waals surface area contributed by atoms with E-state index in [0.29, 0.717) is 0 Å². The molecule has 0 saturated heterocycles. The van der Waals surface area contributed by atoms with Gasteiger partial charge in [-0.15, -0.1) is 0 Å². The molecule has 0 N–H and O–H groups in total. The van der Waals surface area contributed by atoms with Crippen LogP contribution in [0.1, 0.15) is 56.6 Å². The van der Waals surface area contributed by atoms with E-state index in [1.54, 1.807) is 0 Å². The molecule has 0 spiro atoms. The predicted octanol–water partition coefficient (Wildman–Crippen LogP) is 4.80. The Hall–Kier alpha value is -1.37. The molecular formula is C17H24O. The summed E-state index contributed by atoms with van der Waals surface area (Å²) in [4.78, 5) is 10.2. The number of carbonyl (C=O) groups is 1. The monoisotopic (exact) mass is 244 g/mol. The number of hydrogen-bond acceptors (Lipinski definition) is 1. The SMILES string of the molecule is CCCCCCCCc1ccc(/C=C/C=O)cc1. The summed E-state index contributed by atoms with van der Waals surface area (Å²) in [6, 6.07) is 8.48. The Morgan fingerprint density at radius 3 is 2.28 bits per heavy atom. The van der Waals surface area contributed by atoms with Crippen molar-refractivity contribution in [3.8, 4) is 0 Å². The Morgan fingerprint density at radius 1 is 0.944 bits per heavy atom. The highest BCUT2D eigenvalue weighted by molar-refractivity contribution is 5.73. The van der Waals surface area contributed by atoms with Gasteiger partial charge in [0, 0.05) is 0 Å². The number of aldehydes is 1. The molecule has 1 aromatic rings. The van der Waals surface area contributed by atoms with Crippen LogP contribution in [0.5, 0.6) is 0 Å². The minimum absolute atomic E-state index is 0.810. The summed E-state index contributed by atoms with van der Waals surface area (Å²) in [5.74, 6) is 0. The third-order valence-electron chi connectivity index (χ3n) is 3.17. The summed E-state index contributed by atoms with van der Waals surface area (Å²) in [5, 5.41) is 0. The number of rotatable bonds is 9. The number of benzene rings is 1. The van der Waals surface area contributed by atoms with Gasteiger partial charge >= 0.3 is 0 Å². The highest BCUT2D eigenvalue weighted by atomic mass is 16.1. The van der Waals surface area contributed by atoms with Crippen LogP contribution in [0.2, 0.25) is 0 Å². The fourth-order valence-electron chi connectivity index (χ4n) is 2.06. The van der Waals surface area contributed by atoms with Gasteiger partial charge in [-0.2, -0.15) is 0 Å². The first-order valence-corrected chi connectivity index (χ1v) is 7.07. The molecule has 0 aliphatic carbocycles. The topological polar surface area (TPSA) is 17.1 Å². The molecule has 0 amide bonds. The number of allylic oxidation sites excluding steroid dienone is 1. The van der Waals surface area contributed by atoms with Crippen molar-refractivity contribution in [2.45, 2.75) is 51.9 Å². The van der Waals surface area contributed by atoms with Crippen molar-refractivity contribution in [2.24, 2.45) is 0 Å². The zero-order chi connectivity index (χ0) is 13.1. The second-order valence-corrected chi connectivity index (χ2v) is 4.75. The van der Waals surface area contributed by atoms with Crippen LogP contribution in [0.15, 0.2) is 30.3 Å². The first-order chi connectivity index (χ1) is 8.86. The maximum absolute atomic E-state index is 10.2. The fraction of sp³-hybridized carbons (Fsp3) is 0.471. The first kappa shape index (κ1) is 14.7. The number of hydrogen-bond donors (Lipinski definition) is 0. The lowest BCUT2D eigenvalue weighted by Crippen LogP contribution is -1.86. The molecule has 0 radical (unpaired) electrons. The minimum atomic E-state index is 0.810. The summed E-state index contributed by atoms with van der Waals surface area (Å²) < 4.78 is 0. The highest BCUT2D eigenvalue weighted by Crippen LogP contribution is 2.11. The van der Waals surface area contributed by atoms with Gasteiger partial charge in [0.15, 0.2) is 0 Å². The molecule has 1 heteroatoms. The van der Waals surface area contributed by atoms with Gasteiger partial charge in [0.25, 0.3) is 0 Å².